The molecule has 1 atom stereocenters. The van der Waals surface area contributed by atoms with Crippen molar-refractivity contribution >= 4 is 11.8 Å². The number of hydrogen-bond acceptors (Lipinski definition) is 4. The summed E-state index contributed by atoms with van der Waals surface area (Å²) in [5, 5.41) is 0. The molecule has 0 bridgehead atoms. The fraction of sp³-hybridized carbons (Fsp3) is 0.467. The molecule has 0 saturated heterocycles. The summed E-state index contributed by atoms with van der Waals surface area (Å²) in [7, 11) is 1.56. The number of fused-ring (bicyclic) bond motifs is 1. The van der Waals surface area contributed by atoms with Crippen molar-refractivity contribution in [1.29, 1.82) is 0 Å². The van der Waals surface area contributed by atoms with Crippen molar-refractivity contribution < 1.29 is 19.1 Å². The zero-order valence-electron chi connectivity index (χ0n) is 11.3. The first kappa shape index (κ1) is 13.6. The van der Waals surface area contributed by atoms with Crippen LogP contribution in [0.5, 0.6) is 5.75 Å². The standard InChI is InChI=1S/C15H18O4/c1-3-4-8-19-15(17)12-9-11-10(14(12)16)6-5-7-13(11)18-2/h5-7,12H,3-4,8-9H2,1-2H3. The van der Waals surface area contributed by atoms with Crippen LogP contribution < -0.4 is 4.74 Å². The maximum absolute atomic E-state index is 12.2. The van der Waals surface area contributed by atoms with Gasteiger partial charge < -0.3 is 9.47 Å². The number of benzene rings is 1. The van der Waals surface area contributed by atoms with Crippen molar-refractivity contribution in [2.45, 2.75) is 26.2 Å². The fourth-order valence-corrected chi connectivity index (χ4v) is 2.29. The van der Waals surface area contributed by atoms with Crippen LogP contribution >= 0.6 is 0 Å². The van der Waals surface area contributed by atoms with Crippen molar-refractivity contribution in [2.75, 3.05) is 13.7 Å². The third-order valence-corrected chi connectivity index (χ3v) is 3.37. The van der Waals surface area contributed by atoms with Crippen LogP contribution in [0.4, 0.5) is 0 Å². The first-order valence-corrected chi connectivity index (χ1v) is 6.55. The highest BCUT2D eigenvalue weighted by Crippen LogP contribution is 2.34. The average Bonchev–Trinajstić information content (AvgIpc) is 2.76. The molecule has 102 valence electrons. The Morgan fingerprint density at radius 1 is 1.42 bits per heavy atom. The Balaban J connectivity index is 2.12. The molecule has 4 heteroatoms. The van der Waals surface area contributed by atoms with E-state index < -0.39 is 11.9 Å². The number of methoxy groups -OCH3 is 1. The van der Waals surface area contributed by atoms with E-state index in [2.05, 4.69) is 0 Å². The Kier molecular flexibility index (Phi) is 4.20. The molecule has 0 amide bonds. The summed E-state index contributed by atoms with van der Waals surface area (Å²) in [6, 6.07) is 5.30. The highest BCUT2D eigenvalue weighted by molar-refractivity contribution is 6.12. The number of carbonyl (C=O) groups is 2. The van der Waals surface area contributed by atoms with Crippen molar-refractivity contribution in [3.8, 4) is 5.75 Å². The van der Waals surface area contributed by atoms with Gasteiger partial charge in [-0.05, 0) is 18.9 Å². The number of rotatable bonds is 5. The molecule has 4 nitrogen and oxygen atoms in total. The van der Waals surface area contributed by atoms with Gasteiger partial charge in [-0.1, -0.05) is 25.5 Å². The van der Waals surface area contributed by atoms with Gasteiger partial charge >= 0.3 is 5.97 Å². The SMILES string of the molecule is CCCCOC(=O)C1Cc2c(OC)cccc2C1=O. The molecule has 0 aromatic heterocycles. The van der Waals surface area contributed by atoms with E-state index in [9.17, 15) is 9.59 Å². The van der Waals surface area contributed by atoms with Crippen molar-refractivity contribution in [3.05, 3.63) is 29.3 Å². The maximum atomic E-state index is 12.2. The summed E-state index contributed by atoms with van der Waals surface area (Å²) < 4.78 is 10.4. The van der Waals surface area contributed by atoms with Gasteiger partial charge in [0.05, 0.1) is 13.7 Å². The predicted molar refractivity (Wildman–Crippen MR) is 70.4 cm³/mol. The molecule has 19 heavy (non-hydrogen) atoms. The molecule has 1 aliphatic carbocycles. The summed E-state index contributed by atoms with van der Waals surface area (Å²) in [5.74, 6) is -0.620. The van der Waals surface area contributed by atoms with Crippen molar-refractivity contribution in [3.63, 3.8) is 0 Å². The Labute approximate surface area is 112 Å². The van der Waals surface area contributed by atoms with Gasteiger partial charge in [-0.3, -0.25) is 9.59 Å². The quantitative estimate of drug-likeness (QED) is 0.464. The van der Waals surface area contributed by atoms with Crippen LogP contribution in [0.1, 0.15) is 35.7 Å². The molecule has 0 aliphatic heterocycles. The number of esters is 1. The smallest absolute Gasteiger partial charge is 0.317 e. The molecule has 1 aliphatic rings. The molecule has 0 spiro atoms. The van der Waals surface area contributed by atoms with E-state index in [1.54, 1.807) is 25.3 Å². The minimum absolute atomic E-state index is 0.157. The lowest BCUT2D eigenvalue weighted by atomic mass is 10.1. The largest absolute Gasteiger partial charge is 0.496 e. The summed E-state index contributed by atoms with van der Waals surface area (Å²) in [6.07, 6.45) is 2.16. The van der Waals surface area contributed by atoms with Gasteiger partial charge in [0.2, 0.25) is 0 Å². The summed E-state index contributed by atoms with van der Waals surface area (Å²) in [6.45, 7) is 2.40. The lowest BCUT2D eigenvalue weighted by Gasteiger charge is -2.08. The first-order valence-electron chi connectivity index (χ1n) is 6.55. The van der Waals surface area contributed by atoms with Crippen molar-refractivity contribution in [2.24, 2.45) is 5.92 Å². The number of carbonyl (C=O) groups excluding carboxylic acids is 2. The normalized spacial score (nSPS) is 17.2. The van der Waals surface area contributed by atoms with Crippen LogP contribution in [0.15, 0.2) is 18.2 Å². The lowest BCUT2D eigenvalue weighted by molar-refractivity contribution is -0.146. The van der Waals surface area contributed by atoms with Crippen LogP contribution in [0, 0.1) is 5.92 Å². The summed E-state index contributed by atoms with van der Waals surface area (Å²) in [5.41, 5.74) is 1.39. The van der Waals surface area contributed by atoms with Gasteiger partial charge in [0.1, 0.15) is 11.7 Å². The maximum Gasteiger partial charge on any atom is 0.317 e. The number of ether oxygens (including phenoxy) is 2. The van der Waals surface area contributed by atoms with E-state index in [4.69, 9.17) is 9.47 Å². The number of hydrogen-bond donors (Lipinski definition) is 0. The van der Waals surface area contributed by atoms with Gasteiger partial charge in [-0.25, -0.2) is 0 Å². The molecule has 0 fully saturated rings. The van der Waals surface area contributed by atoms with Gasteiger partial charge in [0, 0.05) is 11.1 Å². The van der Waals surface area contributed by atoms with Crippen molar-refractivity contribution in [1.82, 2.24) is 0 Å². The second-order valence-corrected chi connectivity index (χ2v) is 4.63. The molecular weight excluding hydrogens is 244 g/mol. The molecule has 2 rings (SSSR count). The number of unbranched alkanes of at least 4 members (excludes halogenated alkanes) is 1. The molecular formula is C15H18O4. The van der Waals surface area contributed by atoms with Crippen LogP contribution in [0.2, 0.25) is 0 Å². The third-order valence-electron chi connectivity index (χ3n) is 3.37. The van der Waals surface area contributed by atoms with Gasteiger partial charge in [0.15, 0.2) is 5.78 Å². The fourth-order valence-electron chi connectivity index (χ4n) is 2.29. The van der Waals surface area contributed by atoms with E-state index >= 15 is 0 Å². The lowest BCUT2D eigenvalue weighted by Crippen LogP contribution is -2.23. The Bertz CT molecular complexity index is 493. The van der Waals surface area contributed by atoms with Gasteiger partial charge in [0.25, 0.3) is 0 Å². The van der Waals surface area contributed by atoms with Crippen LogP contribution in [-0.4, -0.2) is 25.5 Å². The molecule has 1 unspecified atom stereocenters. The van der Waals surface area contributed by atoms with Gasteiger partial charge in [-0.2, -0.15) is 0 Å². The van der Waals surface area contributed by atoms with E-state index in [0.29, 0.717) is 24.3 Å². The Morgan fingerprint density at radius 3 is 2.89 bits per heavy atom. The molecule has 0 heterocycles. The molecule has 0 radical (unpaired) electrons. The monoisotopic (exact) mass is 262 g/mol. The van der Waals surface area contributed by atoms with E-state index in [1.807, 2.05) is 6.92 Å². The third kappa shape index (κ3) is 2.62. The minimum atomic E-state index is -0.705. The first-order chi connectivity index (χ1) is 9.19. The Hall–Kier alpha value is -1.84. The van der Waals surface area contributed by atoms with Gasteiger partial charge in [-0.15, -0.1) is 0 Å². The van der Waals surface area contributed by atoms with E-state index in [0.717, 1.165) is 18.4 Å². The molecule has 0 saturated carbocycles. The second kappa shape index (κ2) is 5.87. The molecule has 1 aromatic rings. The predicted octanol–water partition coefficient (Wildman–Crippen LogP) is 2.39. The van der Waals surface area contributed by atoms with Crippen LogP contribution in [0.3, 0.4) is 0 Å². The van der Waals surface area contributed by atoms with E-state index in [-0.39, 0.29) is 5.78 Å². The van der Waals surface area contributed by atoms with Crippen LogP contribution in [0.25, 0.3) is 0 Å². The highest BCUT2D eigenvalue weighted by atomic mass is 16.5. The average molecular weight is 262 g/mol. The summed E-state index contributed by atoms with van der Waals surface area (Å²) in [4.78, 5) is 24.1. The van der Waals surface area contributed by atoms with Crippen LogP contribution in [-0.2, 0) is 16.0 Å². The zero-order chi connectivity index (χ0) is 13.8. The zero-order valence-corrected chi connectivity index (χ0v) is 11.3. The van der Waals surface area contributed by atoms with E-state index in [1.165, 1.54) is 0 Å². The second-order valence-electron chi connectivity index (χ2n) is 4.63. The number of ketones is 1. The summed E-state index contributed by atoms with van der Waals surface area (Å²) >= 11 is 0. The molecule has 1 aromatic carbocycles. The molecule has 0 N–H and O–H groups in total. The minimum Gasteiger partial charge on any atom is -0.496 e. The number of Topliss-reactive ketones (excluding diaryl/α,β-unsaturated/α-hetero) is 1. The highest BCUT2D eigenvalue weighted by Gasteiger charge is 2.38. The topological polar surface area (TPSA) is 52.6 Å². The Morgan fingerprint density at radius 2 is 2.21 bits per heavy atom.